The second kappa shape index (κ2) is 12.8. The SMILES string of the molecule is CCCC(=O)CCC(=O)N1CCN(Cc2cc3nc(-c4cccc(N)c4C=N)nc(N4CCOCC4)c3s2)CC1. The lowest BCUT2D eigenvalue weighted by molar-refractivity contribution is -0.134. The molecule has 2 fully saturated rings. The molecule has 0 saturated carbocycles. The van der Waals surface area contributed by atoms with Crippen LogP contribution in [0.5, 0.6) is 0 Å². The smallest absolute Gasteiger partial charge is 0.223 e. The van der Waals surface area contributed by atoms with Crippen LogP contribution in [0.2, 0.25) is 0 Å². The number of piperazine rings is 1. The first kappa shape index (κ1) is 28.1. The quantitative estimate of drug-likeness (QED) is 0.283. The van der Waals surface area contributed by atoms with E-state index in [-0.39, 0.29) is 11.7 Å². The molecule has 3 N–H and O–H groups in total. The Kier molecular flexibility index (Phi) is 9.03. The van der Waals surface area contributed by atoms with E-state index in [4.69, 9.17) is 25.8 Å². The predicted octanol–water partition coefficient (Wildman–Crippen LogP) is 3.57. The van der Waals surface area contributed by atoms with E-state index < -0.39 is 0 Å². The monoisotopic (exact) mass is 563 g/mol. The van der Waals surface area contributed by atoms with Crippen LogP contribution in [0.15, 0.2) is 24.3 Å². The van der Waals surface area contributed by atoms with Crippen molar-refractivity contribution in [1.82, 2.24) is 19.8 Å². The number of ether oxygens (including phenoxy) is 1. The normalized spacial score (nSPS) is 16.4. The molecule has 40 heavy (non-hydrogen) atoms. The Balaban J connectivity index is 1.33. The summed E-state index contributed by atoms with van der Waals surface area (Å²) in [5, 5.41) is 7.90. The average molecular weight is 564 g/mol. The zero-order valence-electron chi connectivity index (χ0n) is 23.0. The van der Waals surface area contributed by atoms with Crippen LogP contribution in [-0.2, 0) is 20.9 Å². The zero-order valence-corrected chi connectivity index (χ0v) is 23.8. The van der Waals surface area contributed by atoms with Gasteiger partial charge in [0.05, 0.1) is 23.4 Å². The molecule has 2 saturated heterocycles. The molecule has 0 aliphatic carbocycles. The third-order valence-electron chi connectivity index (χ3n) is 7.49. The number of amides is 1. The standard InChI is InChI=1S/C29H37N7O3S/c1-2-4-20(37)7-8-26(38)35-11-9-34(10-12-35)19-21-17-25-27(40-21)29(36-13-15-39-16-14-36)33-28(32-25)22-5-3-6-24(31)23(22)18-30/h3,5-6,17-18,30H,2,4,7-16,19,31H2,1H3. The Labute approximate surface area is 238 Å². The van der Waals surface area contributed by atoms with E-state index in [1.165, 1.54) is 11.1 Å². The number of aromatic nitrogens is 2. The van der Waals surface area contributed by atoms with Crippen LogP contribution >= 0.6 is 11.3 Å². The summed E-state index contributed by atoms with van der Waals surface area (Å²) in [6.07, 6.45) is 3.31. The number of morpholine rings is 1. The maximum Gasteiger partial charge on any atom is 0.223 e. The molecule has 4 heterocycles. The Morgan fingerprint density at radius 1 is 1.07 bits per heavy atom. The van der Waals surface area contributed by atoms with Crippen molar-refractivity contribution in [2.75, 3.05) is 63.1 Å². The number of nitrogens with two attached hydrogens (primary N) is 1. The molecule has 3 aromatic rings. The van der Waals surface area contributed by atoms with E-state index in [2.05, 4.69) is 15.9 Å². The molecule has 11 heteroatoms. The van der Waals surface area contributed by atoms with Gasteiger partial charge in [-0.05, 0) is 18.6 Å². The van der Waals surface area contributed by atoms with Crippen molar-refractivity contribution in [2.24, 2.45) is 0 Å². The molecule has 0 unspecified atom stereocenters. The summed E-state index contributed by atoms with van der Waals surface area (Å²) in [5.41, 5.74) is 8.94. The largest absolute Gasteiger partial charge is 0.398 e. The van der Waals surface area contributed by atoms with Crippen molar-refractivity contribution in [3.05, 3.63) is 34.7 Å². The topological polar surface area (TPSA) is 129 Å². The van der Waals surface area contributed by atoms with E-state index in [9.17, 15) is 9.59 Å². The Morgan fingerprint density at radius 2 is 1.85 bits per heavy atom. The summed E-state index contributed by atoms with van der Waals surface area (Å²) >= 11 is 1.71. The van der Waals surface area contributed by atoms with Crippen molar-refractivity contribution in [3.63, 3.8) is 0 Å². The number of anilines is 2. The molecular formula is C29H37N7O3S. The molecule has 0 bridgehead atoms. The predicted molar refractivity (Wildman–Crippen MR) is 159 cm³/mol. The Bertz CT molecular complexity index is 1380. The Hall–Kier alpha value is -3.41. The number of ketones is 1. The first-order valence-electron chi connectivity index (χ1n) is 14.0. The number of thiophene rings is 1. The lowest BCUT2D eigenvalue weighted by Gasteiger charge is -2.34. The highest BCUT2D eigenvalue weighted by molar-refractivity contribution is 7.19. The number of nitrogens with one attached hydrogen (secondary N) is 1. The van der Waals surface area contributed by atoms with Gasteiger partial charge in [0.2, 0.25) is 5.91 Å². The van der Waals surface area contributed by atoms with Crippen molar-refractivity contribution in [3.8, 4) is 11.4 Å². The van der Waals surface area contributed by atoms with Gasteiger partial charge in [-0.1, -0.05) is 19.1 Å². The number of fused-ring (bicyclic) bond motifs is 1. The third kappa shape index (κ3) is 6.32. The van der Waals surface area contributed by atoms with Crippen LogP contribution < -0.4 is 10.6 Å². The lowest BCUT2D eigenvalue weighted by atomic mass is 10.1. The fraction of sp³-hybridized carbons (Fsp3) is 0.483. The number of Topliss-reactive ketones (excluding diaryl/α,β-unsaturated/α-hetero) is 1. The summed E-state index contributed by atoms with van der Waals surface area (Å²) in [7, 11) is 0. The lowest BCUT2D eigenvalue weighted by Crippen LogP contribution is -2.48. The molecule has 1 aromatic carbocycles. The molecule has 0 radical (unpaired) electrons. The molecule has 212 valence electrons. The van der Waals surface area contributed by atoms with Crippen molar-refractivity contribution < 1.29 is 14.3 Å². The van der Waals surface area contributed by atoms with Gasteiger partial charge < -0.3 is 25.7 Å². The maximum atomic E-state index is 12.6. The average Bonchev–Trinajstić information content (AvgIpc) is 3.38. The number of rotatable bonds is 10. The number of benzene rings is 1. The highest BCUT2D eigenvalue weighted by atomic mass is 32.1. The van der Waals surface area contributed by atoms with Crippen LogP contribution in [0.1, 0.15) is 43.0 Å². The highest BCUT2D eigenvalue weighted by Crippen LogP contribution is 2.36. The first-order chi connectivity index (χ1) is 19.5. The summed E-state index contributed by atoms with van der Waals surface area (Å²) in [6.45, 7) is 8.52. The Morgan fingerprint density at radius 3 is 2.58 bits per heavy atom. The molecule has 2 aliphatic rings. The first-order valence-corrected chi connectivity index (χ1v) is 14.8. The molecule has 5 rings (SSSR count). The summed E-state index contributed by atoms with van der Waals surface area (Å²) in [5.74, 6) is 1.71. The molecule has 0 atom stereocenters. The van der Waals surface area contributed by atoms with Crippen molar-refractivity contribution >= 4 is 51.0 Å². The van der Waals surface area contributed by atoms with Crippen molar-refractivity contribution in [1.29, 1.82) is 5.41 Å². The van der Waals surface area contributed by atoms with Gasteiger partial charge in [-0.15, -0.1) is 11.3 Å². The van der Waals surface area contributed by atoms with E-state index in [1.807, 2.05) is 24.0 Å². The minimum absolute atomic E-state index is 0.0785. The van der Waals surface area contributed by atoms with E-state index in [0.717, 1.165) is 60.7 Å². The summed E-state index contributed by atoms with van der Waals surface area (Å²) < 4.78 is 6.64. The van der Waals surface area contributed by atoms with Crippen molar-refractivity contribution in [2.45, 2.75) is 39.2 Å². The van der Waals surface area contributed by atoms with Gasteiger partial charge in [0.1, 0.15) is 5.78 Å². The summed E-state index contributed by atoms with van der Waals surface area (Å²) in [4.78, 5) is 42.1. The number of carbonyl (C=O) groups excluding carboxylic acids is 2. The fourth-order valence-electron chi connectivity index (χ4n) is 5.28. The highest BCUT2D eigenvalue weighted by Gasteiger charge is 2.24. The van der Waals surface area contributed by atoms with Gasteiger partial charge in [-0.2, -0.15) is 0 Å². The molecule has 1 amide bonds. The van der Waals surface area contributed by atoms with Crippen LogP contribution in [-0.4, -0.2) is 90.2 Å². The van der Waals surface area contributed by atoms with Gasteiger partial charge in [0, 0.05) is 93.0 Å². The van der Waals surface area contributed by atoms with Gasteiger partial charge in [0.25, 0.3) is 0 Å². The number of hydrogen-bond acceptors (Lipinski definition) is 10. The summed E-state index contributed by atoms with van der Waals surface area (Å²) in [6, 6.07) is 7.70. The van der Waals surface area contributed by atoms with E-state index >= 15 is 0 Å². The molecule has 0 spiro atoms. The van der Waals surface area contributed by atoms with Crippen LogP contribution in [0.25, 0.3) is 21.6 Å². The van der Waals surface area contributed by atoms with E-state index in [0.29, 0.717) is 62.6 Å². The maximum absolute atomic E-state index is 12.6. The second-order valence-corrected chi connectivity index (χ2v) is 11.4. The third-order valence-corrected chi connectivity index (χ3v) is 8.60. The molecular weight excluding hydrogens is 526 g/mol. The fourth-order valence-corrected chi connectivity index (χ4v) is 6.43. The van der Waals surface area contributed by atoms with Crippen LogP contribution in [0.3, 0.4) is 0 Å². The van der Waals surface area contributed by atoms with Crippen LogP contribution in [0, 0.1) is 5.41 Å². The number of nitrogen functional groups attached to an aromatic ring is 1. The zero-order chi connectivity index (χ0) is 28.1. The van der Waals surface area contributed by atoms with Gasteiger partial charge in [-0.3, -0.25) is 14.5 Å². The molecule has 2 aromatic heterocycles. The second-order valence-electron chi connectivity index (χ2n) is 10.3. The van der Waals surface area contributed by atoms with Gasteiger partial charge in [-0.25, -0.2) is 9.97 Å². The number of hydrogen-bond donors (Lipinski definition) is 2. The van der Waals surface area contributed by atoms with E-state index in [1.54, 1.807) is 17.4 Å². The minimum Gasteiger partial charge on any atom is -0.398 e. The minimum atomic E-state index is 0.0785. The van der Waals surface area contributed by atoms with Crippen LogP contribution in [0.4, 0.5) is 11.5 Å². The number of carbonyl (C=O) groups is 2. The van der Waals surface area contributed by atoms with Gasteiger partial charge in [0.15, 0.2) is 11.6 Å². The van der Waals surface area contributed by atoms with Gasteiger partial charge >= 0.3 is 0 Å². The molecule has 10 nitrogen and oxygen atoms in total. The molecule has 2 aliphatic heterocycles. The number of nitrogens with zero attached hydrogens (tertiary/aromatic N) is 5.